The van der Waals surface area contributed by atoms with Gasteiger partial charge in [-0.25, -0.2) is 0 Å². The van der Waals surface area contributed by atoms with Crippen molar-refractivity contribution in [2.45, 2.75) is 20.3 Å². The summed E-state index contributed by atoms with van der Waals surface area (Å²) < 4.78 is 6.49. The molecule has 0 unspecified atom stereocenters. The first-order valence-corrected chi connectivity index (χ1v) is 5.92. The molecule has 0 radical (unpaired) electrons. The Hall–Kier alpha value is -1.29. The molecule has 0 saturated carbocycles. The Morgan fingerprint density at radius 2 is 2.19 bits per heavy atom. The van der Waals surface area contributed by atoms with Gasteiger partial charge in [0.05, 0.1) is 5.69 Å². The van der Waals surface area contributed by atoms with Gasteiger partial charge in [0.1, 0.15) is 0 Å². The van der Waals surface area contributed by atoms with Crippen LogP contribution in [0.4, 0.5) is 6.01 Å². The number of halogens is 1. The highest BCUT2D eigenvalue weighted by Crippen LogP contribution is 2.31. The largest absolute Gasteiger partial charge is 0.423 e. The van der Waals surface area contributed by atoms with Gasteiger partial charge >= 0.3 is 0 Å². The maximum absolute atomic E-state index is 5.59. The summed E-state index contributed by atoms with van der Waals surface area (Å²) in [5, 5.41) is 0. The lowest BCUT2D eigenvalue weighted by molar-refractivity contribution is 0.593. The van der Waals surface area contributed by atoms with Crippen molar-refractivity contribution in [1.82, 2.24) is 4.98 Å². The standard InChI is InChI=1S/C12H13BrN2O/c1-3-10-11(16-12(14)15-10)9-6-8(13)5-4-7(9)2/h4-6H,3H2,1-2H3,(H2,14,15). The Morgan fingerprint density at radius 1 is 1.44 bits per heavy atom. The van der Waals surface area contributed by atoms with Crippen LogP contribution < -0.4 is 5.73 Å². The number of hydrogen-bond donors (Lipinski definition) is 1. The van der Waals surface area contributed by atoms with Crippen LogP contribution in [0.3, 0.4) is 0 Å². The number of rotatable bonds is 2. The summed E-state index contributed by atoms with van der Waals surface area (Å²) in [5.74, 6) is 0.777. The molecule has 0 aliphatic rings. The van der Waals surface area contributed by atoms with Gasteiger partial charge in [-0.1, -0.05) is 28.9 Å². The van der Waals surface area contributed by atoms with Gasteiger partial charge in [-0.2, -0.15) is 4.98 Å². The third kappa shape index (κ3) is 1.97. The Bertz CT molecular complexity index is 520. The van der Waals surface area contributed by atoms with Gasteiger partial charge in [-0.15, -0.1) is 0 Å². The molecule has 0 atom stereocenters. The predicted octanol–water partition coefficient (Wildman–Crippen LogP) is 3.56. The van der Waals surface area contributed by atoms with E-state index in [0.717, 1.165) is 33.5 Å². The summed E-state index contributed by atoms with van der Waals surface area (Å²) in [6, 6.07) is 6.29. The Kier molecular flexibility index (Phi) is 3.01. The van der Waals surface area contributed by atoms with E-state index < -0.39 is 0 Å². The number of aryl methyl sites for hydroxylation is 2. The fourth-order valence-electron chi connectivity index (χ4n) is 1.66. The number of aromatic nitrogens is 1. The molecule has 0 spiro atoms. The van der Waals surface area contributed by atoms with E-state index in [1.165, 1.54) is 0 Å². The molecule has 84 valence electrons. The SMILES string of the molecule is CCc1nc(N)oc1-c1cc(Br)ccc1C. The van der Waals surface area contributed by atoms with Crippen molar-refractivity contribution in [2.75, 3.05) is 5.73 Å². The summed E-state index contributed by atoms with van der Waals surface area (Å²) in [4.78, 5) is 4.17. The molecule has 0 saturated heterocycles. The van der Waals surface area contributed by atoms with Crippen LogP contribution in [0.25, 0.3) is 11.3 Å². The highest BCUT2D eigenvalue weighted by atomic mass is 79.9. The Balaban J connectivity index is 2.61. The fraction of sp³-hybridized carbons (Fsp3) is 0.250. The summed E-state index contributed by atoms with van der Waals surface area (Å²) in [5.41, 5.74) is 8.68. The molecule has 0 aliphatic carbocycles. The van der Waals surface area contributed by atoms with E-state index >= 15 is 0 Å². The third-order valence-electron chi connectivity index (χ3n) is 2.49. The van der Waals surface area contributed by atoms with Crippen LogP contribution in [0.1, 0.15) is 18.2 Å². The average Bonchev–Trinajstić information content (AvgIpc) is 2.63. The second-order valence-electron chi connectivity index (χ2n) is 3.64. The lowest BCUT2D eigenvalue weighted by Crippen LogP contribution is -1.88. The number of oxazole rings is 1. The smallest absolute Gasteiger partial charge is 0.292 e. The highest BCUT2D eigenvalue weighted by Gasteiger charge is 2.14. The van der Waals surface area contributed by atoms with Crippen molar-refractivity contribution in [3.8, 4) is 11.3 Å². The molecular formula is C12H13BrN2O. The molecule has 16 heavy (non-hydrogen) atoms. The Labute approximate surface area is 103 Å². The van der Waals surface area contributed by atoms with Crippen LogP contribution in [0.15, 0.2) is 27.1 Å². The zero-order valence-electron chi connectivity index (χ0n) is 9.25. The van der Waals surface area contributed by atoms with Crippen molar-refractivity contribution < 1.29 is 4.42 Å². The van der Waals surface area contributed by atoms with Gasteiger partial charge < -0.3 is 10.2 Å². The number of nitrogen functional groups attached to an aromatic ring is 1. The topological polar surface area (TPSA) is 52.0 Å². The van der Waals surface area contributed by atoms with Crippen LogP contribution in [0.2, 0.25) is 0 Å². The molecule has 3 nitrogen and oxygen atoms in total. The quantitative estimate of drug-likeness (QED) is 0.915. The van der Waals surface area contributed by atoms with E-state index in [9.17, 15) is 0 Å². The van der Waals surface area contributed by atoms with E-state index in [-0.39, 0.29) is 6.01 Å². The summed E-state index contributed by atoms with van der Waals surface area (Å²) in [6.45, 7) is 4.08. The van der Waals surface area contributed by atoms with E-state index in [2.05, 4.69) is 20.9 Å². The molecule has 1 aromatic carbocycles. The van der Waals surface area contributed by atoms with Crippen LogP contribution in [-0.4, -0.2) is 4.98 Å². The van der Waals surface area contributed by atoms with Crippen LogP contribution in [0.5, 0.6) is 0 Å². The van der Waals surface area contributed by atoms with Crippen molar-refractivity contribution >= 4 is 21.9 Å². The van der Waals surface area contributed by atoms with Crippen molar-refractivity contribution in [1.29, 1.82) is 0 Å². The van der Waals surface area contributed by atoms with Gasteiger partial charge in [-0.3, -0.25) is 0 Å². The predicted molar refractivity (Wildman–Crippen MR) is 68.2 cm³/mol. The molecule has 1 heterocycles. The highest BCUT2D eigenvalue weighted by molar-refractivity contribution is 9.10. The molecule has 2 N–H and O–H groups in total. The average molecular weight is 281 g/mol. The maximum atomic E-state index is 5.59. The minimum Gasteiger partial charge on any atom is -0.423 e. The Morgan fingerprint density at radius 3 is 2.88 bits per heavy atom. The number of hydrogen-bond acceptors (Lipinski definition) is 3. The molecule has 2 rings (SSSR count). The molecule has 1 aromatic heterocycles. The number of nitrogens with zero attached hydrogens (tertiary/aromatic N) is 1. The first kappa shape index (κ1) is 11.2. The summed E-state index contributed by atoms with van der Waals surface area (Å²) in [7, 11) is 0. The lowest BCUT2D eigenvalue weighted by Gasteiger charge is -2.04. The third-order valence-corrected chi connectivity index (χ3v) is 2.99. The zero-order chi connectivity index (χ0) is 11.7. The van der Waals surface area contributed by atoms with Gasteiger partial charge in [0.15, 0.2) is 5.76 Å². The van der Waals surface area contributed by atoms with Gasteiger partial charge in [0, 0.05) is 10.0 Å². The van der Waals surface area contributed by atoms with Crippen molar-refractivity contribution in [2.24, 2.45) is 0 Å². The molecule has 0 fully saturated rings. The van der Waals surface area contributed by atoms with E-state index in [1.807, 2.05) is 32.0 Å². The number of benzene rings is 1. The number of anilines is 1. The molecular weight excluding hydrogens is 268 g/mol. The van der Waals surface area contributed by atoms with Gasteiger partial charge in [0.25, 0.3) is 6.01 Å². The molecule has 0 aliphatic heterocycles. The minimum atomic E-state index is 0.228. The summed E-state index contributed by atoms with van der Waals surface area (Å²) in [6.07, 6.45) is 0.808. The second-order valence-corrected chi connectivity index (χ2v) is 4.56. The molecule has 0 amide bonds. The van der Waals surface area contributed by atoms with E-state index in [0.29, 0.717) is 0 Å². The first-order valence-electron chi connectivity index (χ1n) is 5.13. The zero-order valence-corrected chi connectivity index (χ0v) is 10.8. The number of nitrogens with two attached hydrogens (primary N) is 1. The summed E-state index contributed by atoms with van der Waals surface area (Å²) >= 11 is 3.45. The fourth-order valence-corrected chi connectivity index (χ4v) is 2.02. The monoisotopic (exact) mass is 280 g/mol. The van der Waals surface area contributed by atoms with Crippen molar-refractivity contribution in [3.63, 3.8) is 0 Å². The maximum Gasteiger partial charge on any atom is 0.292 e. The van der Waals surface area contributed by atoms with E-state index in [1.54, 1.807) is 0 Å². The van der Waals surface area contributed by atoms with E-state index in [4.69, 9.17) is 10.2 Å². The molecule has 0 bridgehead atoms. The van der Waals surface area contributed by atoms with Crippen LogP contribution in [-0.2, 0) is 6.42 Å². The van der Waals surface area contributed by atoms with Crippen LogP contribution >= 0.6 is 15.9 Å². The second kappa shape index (κ2) is 4.29. The van der Waals surface area contributed by atoms with Gasteiger partial charge in [0.2, 0.25) is 0 Å². The van der Waals surface area contributed by atoms with Gasteiger partial charge in [-0.05, 0) is 31.0 Å². The first-order chi connectivity index (χ1) is 7.61. The molecule has 4 heteroatoms. The lowest BCUT2D eigenvalue weighted by atomic mass is 10.0. The minimum absolute atomic E-state index is 0.228. The normalized spacial score (nSPS) is 10.7. The van der Waals surface area contributed by atoms with Crippen LogP contribution in [0, 0.1) is 6.92 Å². The molecule has 2 aromatic rings. The van der Waals surface area contributed by atoms with Crippen molar-refractivity contribution in [3.05, 3.63) is 33.9 Å².